The summed E-state index contributed by atoms with van der Waals surface area (Å²) in [5, 5.41) is 9.67. The highest BCUT2D eigenvalue weighted by Gasteiger charge is 2.33. The molecular weight excluding hydrogens is 324 g/mol. The number of rotatable bonds is 3. The molecule has 0 fully saturated rings. The van der Waals surface area contributed by atoms with Crippen molar-refractivity contribution >= 4 is 17.1 Å². The number of para-hydroxylation sites is 1. The maximum absolute atomic E-state index is 11.9. The number of aromatic nitrogens is 1. The molecule has 0 saturated heterocycles. The molecule has 0 aliphatic carbocycles. The first-order valence-electron chi connectivity index (χ1n) is 8.73. The summed E-state index contributed by atoms with van der Waals surface area (Å²) in [5.41, 5.74) is 10.2. The molecule has 1 aliphatic rings. The third kappa shape index (κ3) is 2.51. The van der Waals surface area contributed by atoms with Gasteiger partial charge in [-0.15, -0.1) is 0 Å². The zero-order valence-corrected chi connectivity index (χ0v) is 14.6. The standard InChI is InChI=1S/C21H20N4O/c1-14-10-17(21(23)26)16-6-2-3-8-20(16)25(14)13-15-12-24-9-5-4-7-19(24)18(15)11-22/h2-9,12,14,17H,10,13H2,1H3,(H2,23,26)/t14-,17+/m0/s1. The van der Waals surface area contributed by atoms with Gasteiger partial charge in [0.15, 0.2) is 0 Å². The molecule has 0 unspecified atom stereocenters. The Morgan fingerprint density at radius 3 is 2.81 bits per heavy atom. The van der Waals surface area contributed by atoms with Gasteiger partial charge in [0.05, 0.1) is 17.0 Å². The van der Waals surface area contributed by atoms with Crippen molar-refractivity contribution in [2.24, 2.45) is 5.73 Å². The van der Waals surface area contributed by atoms with Gasteiger partial charge in [-0.2, -0.15) is 5.26 Å². The summed E-state index contributed by atoms with van der Waals surface area (Å²) in [6, 6.07) is 16.3. The maximum Gasteiger partial charge on any atom is 0.225 e. The van der Waals surface area contributed by atoms with E-state index >= 15 is 0 Å². The van der Waals surface area contributed by atoms with E-state index in [2.05, 4.69) is 17.9 Å². The lowest BCUT2D eigenvalue weighted by molar-refractivity contribution is -0.119. The van der Waals surface area contributed by atoms with Gasteiger partial charge in [-0.05, 0) is 37.1 Å². The molecule has 5 heteroatoms. The van der Waals surface area contributed by atoms with E-state index in [0.29, 0.717) is 18.5 Å². The van der Waals surface area contributed by atoms with E-state index in [0.717, 1.165) is 22.3 Å². The van der Waals surface area contributed by atoms with Crippen molar-refractivity contribution in [1.82, 2.24) is 4.40 Å². The fourth-order valence-corrected chi connectivity index (χ4v) is 4.00. The Balaban J connectivity index is 1.78. The van der Waals surface area contributed by atoms with Crippen LogP contribution >= 0.6 is 0 Å². The van der Waals surface area contributed by atoms with E-state index in [-0.39, 0.29) is 17.9 Å². The third-order valence-corrected chi connectivity index (χ3v) is 5.29. The summed E-state index contributed by atoms with van der Waals surface area (Å²) in [6.45, 7) is 2.72. The highest BCUT2D eigenvalue weighted by Crippen LogP contribution is 2.39. The van der Waals surface area contributed by atoms with Crippen LogP contribution in [0.5, 0.6) is 0 Å². The second-order valence-corrected chi connectivity index (χ2v) is 6.86. The number of primary amides is 1. The molecule has 5 nitrogen and oxygen atoms in total. The number of nitrogens with two attached hydrogens (primary N) is 1. The Morgan fingerprint density at radius 1 is 1.27 bits per heavy atom. The van der Waals surface area contributed by atoms with Crippen molar-refractivity contribution in [3.63, 3.8) is 0 Å². The molecule has 26 heavy (non-hydrogen) atoms. The van der Waals surface area contributed by atoms with Crippen LogP contribution in [0.25, 0.3) is 5.52 Å². The number of fused-ring (bicyclic) bond motifs is 2. The fraction of sp³-hybridized carbons (Fsp3) is 0.238. The van der Waals surface area contributed by atoms with Crippen LogP contribution in [-0.2, 0) is 11.3 Å². The maximum atomic E-state index is 11.9. The Kier molecular flexibility index (Phi) is 3.89. The Morgan fingerprint density at radius 2 is 2.04 bits per heavy atom. The van der Waals surface area contributed by atoms with E-state index in [1.807, 2.05) is 59.3 Å². The molecule has 1 aliphatic heterocycles. The summed E-state index contributed by atoms with van der Waals surface area (Å²) >= 11 is 0. The van der Waals surface area contributed by atoms with Crippen LogP contribution < -0.4 is 10.6 Å². The van der Waals surface area contributed by atoms with Crippen LogP contribution in [0.4, 0.5) is 5.69 Å². The van der Waals surface area contributed by atoms with Gasteiger partial charge in [0, 0.05) is 36.2 Å². The van der Waals surface area contributed by atoms with Crippen LogP contribution in [0.3, 0.4) is 0 Å². The number of pyridine rings is 1. The fourth-order valence-electron chi connectivity index (χ4n) is 4.00. The number of amides is 1. The van der Waals surface area contributed by atoms with Crippen molar-refractivity contribution in [2.45, 2.75) is 31.8 Å². The van der Waals surface area contributed by atoms with Gasteiger partial charge >= 0.3 is 0 Å². The molecule has 1 aromatic carbocycles. The number of nitriles is 1. The Hall–Kier alpha value is -3.26. The monoisotopic (exact) mass is 344 g/mol. The summed E-state index contributed by atoms with van der Waals surface area (Å²) < 4.78 is 1.99. The molecule has 2 aromatic heterocycles. The molecule has 1 amide bonds. The van der Waals surface area contributed by atoms with E-state index < -0.39 is 0 Å². The second kappa shape index (κ2) is 6.23. The van der Waals surface area contributed by atoms with E-state index in [1.54, 1.807) is 0 Å². The highest BCUT2D eigenvalue weighted by molar-refractivity contribution is 5.85. The molecule has 4 rings (SSSR count). The number of carbonyl (C=O) groups excluding carboxylic acids is 1. The average Bonchev–Trinajstić information content (AvgIpc) is 3.00. The normalized spacial score (nSPS) is 19.2. The predicted octanol–water partition coefficient (Wildman–Crippen LogP) is 3.18. The lowest BCUT2D eigenvalue weighted by atomic mass is 9.85. The molecule has 3 heterocycles. The van der Waals surface area contributed by atoms with E-state index in [1.165, 1.54) is 0 Å². The number of hydrogen-bond donors (Lipinski definition) is 1. The molecule has 0 spiro atoms. The summed E-state index contributed by atoms with van der Waals surface area (Å²) in [6.07, 6.45) is 4.65. The van der Waals surface area contributed by atoms with Gasteiger partial charge < -0.3 is 15.0 Å². The van der Waals surface area contributed by atoms with Crippen LogP contribution in [-0.4, -0.2) is 16.3 Å². The number of carbonyl (C=O) groups is 1. The molecule has 130 valence electrons. The first-order chi connectivity index (χ1) is 12.6. The highest BCUT2D eigenvalue weighted by atomic mass is 16.1. The van der Waals surface area contributed by atoms with Crippen molar-refractivity contribution in [3.05, 3.63) is 71.5 Å². The van der Waals surface area contributed by atoms with Crippen molar-refractivity contribution in [1.29, 1.82) is 5.26 Å². The van der Waals surface area contributed by atoms with Gasteiger partial charge in [-0.1, -0.05) is 24.3 Å². The van der Waals surface area contributed by atoms with Crippen molar-refractivity contribution < 1.29 is 4.79 Å². The minimum atomic E-state index is -0.281. The minimum Gasteiger partial charge on any atom is -0.369 e. The molecule has 0 radical (unpaired) electrons. The zero-order chi connectivity index (χ0) is 18.3. The van der Waals surface area contributed by atoms with Crippen molar-refractivity contribution in [2.75, 3.05) is 4.90 Å². The van der Waals surface area contributed by atoms with E-state index in [9.17, 15) is 10.1 Å². The first-order valence-corrected chi connectivity index (χ1v) is 8.73. The molecule has 3 aromatic rings. The van der Waals surface area contributed by atoms with Gasteiger partial charge in [-0.25, -0.2) is 0 Å². The average molecular weight is 344 g/mol. The van der Waals surface area contributed by atoms with Crippen LogP contribution in [0.2, 0.25) is 0 Å². The molecule has 2 atom stereocenters. The molecule has 0 saturated carbocycles. The predicted molar refractivity (Wildman–Crippen MR) is 101 cm³/mol. The van der Waals surface area contributed by atoms with Gasteiger partial charge in [0.2, 0.25) is 5.91 Å². The van der Waals surface area contributed by atoms with Gasteiger partial charge in [-0.3, -0.25) is 4.79 Å². The minimum absolute atomic E-state index is 0.150. The summed E-state index contributed by atoms with van der Waals surface area (Å²) in [5.74, 6) is -0.544. The smallest absolute Gasteiger partial charge is 0.225 e. The molecule has 2 N–H and O–H groups in total. The lowest BCUT2D eigenvalue weighted by Crippen LogP contribution is -2.41. The topological polar surface area (TPSA) is 74.5 Å². The first kappa shape index (κ1) is 16.2. The number of benzene rings is 1. The van der Waals surface area contributed by atoms with Crippen LogP contribution in [0, 0.1) is 11.3 Å². The lowest BCUT2D eigenvalue weighted by Gasteiger charge is -2.40. The number of nitrogens with zero attached hydrogens (tertiary/aromatic N) is 3. The summed E-state index contributed by atoms with van der Waals surface area (Å²) in [7, 11) is 0. The summed E-state index contributed by atoms with van der Waals surface area (Å²) in [4.78, 5) is 14.2. The van der Waals surface area contributed by atoms with Crippen LogP contribution in [0.1, 0.15) is 36.0 Å². The van der Waals surface area contributed by atoms with Crippen molar-refractivity contribution in [3.8, 4) is 6.07 Å². The largest absolute Gasteiger partial charge is 0.369 e. The number of hydrogen-bond acceptors (Lipinski definition) is 3. The van der Waals surface area contributed by atoms with Gasteiger partial charge in [0.25, 0.3) is 0 Å². The SMILES string of the molecule is C[C@H]1C[C@@H](C(N)=O)c2ccccc2N1Cc1cn2ccccc2c1C#N. The second-order valence-electron chi connectivity index (χ2n) is 6.86. The van der Waals surface area contributed by atoms with Gasteiger partial charge in [0.1, 0.15) is 6.07 Å². The number of anilines is 1. The third-order valence-electron chi connectivity index (χ3n) is 5.29. The Labute approximate surface area is 152 Å². The van der Waals surface area contributed by atoms with Crippen LogP contribution in [0.15, 0.2) is 54.9 Å². The molecule has 0 bridgehead atoms. The molecular formula is C21H20N4O. The zero-order valence-electron chi connectivity index (χ0n) is 14.6. The van der Waals surface area contributed by atoms with E-state index in [4.69, 9.17) is 5.73 Å². The quantitative estimate of drug-likeness (QED) is 0.793. The Bertz CT molecular complexity index is 1030.